The second kappa shape index (κ2) is 11.1. The molecule has 1 fully saturated rings. The molecule has 1 saturated carbocycles. The molecular formula is C24H35ClN6O2. The van der Waals surface area contributed by atoms with Crippen LogP contribution in [0.1, 0.15) is 60.6 Å². The number of imidazole rings is 1. The summed E-state index contributed by atoms with van der Waals surface area (Å²) in [5.74, 6) is 1.97. The highest BCUT2D eigenvalue weighted by Crippen LogP contribution is 2.35. The molecule has 0 spiro atoms. The van der Waals surface area contributed by atoms with Gasteiger partial charge in [0.2, 0.25) is 5.95 Å². The fourth-order valence-electron chi connectivity index (χ4n) is 4.65. The van der Waals surface area contributed by atoms with Gasteiger partial charge in [-0.05, 0) is 44.0 Å². The van der Waals surface area contributed by atoms with Gasteiger partial charge in [-0.25, -0.2) is 0 Å². The Hall–Kier alpha value is -2.45. The molecule has 0 unspecified atom stereocenters. The van der Waals surface area contributed by atoms with Crippen molar-refractivity contribution in [3.8, 4) is 5.75 Å². The molecule has 4 rings (SSSR count). The molecule has 180 valence electrons. The molecule has 2 aliphatic rings. The Bertz CT molecular complexity index is 970. The van der Waals surface area contributed by atoms with Gasteiger partial charge >= 0.3 is 0 Å². The van der Waals surface area contributed by atoms with Crippen molar-refractivity contribution in [1.82, 2.24) is 20.2 Å². The Labute approximate surface area is 200 Å². The third-order valence-corrected chi connectivity index (χ3v) is 6.55. The van der Waals surface area contributed by atoms with Crippen LogP contribution < -0.4 is 26.0 Å². The molecule has 1 aromatic heterocycles. The number of rotatable bonds is 10. The molecule has 8 nitrogen and oxygen atoms in total. The maximum Gasteiger partial charge on any atom is 0.271 e. The normalized spacial score (nSPS) is 15.7. The average Bonchev–Trinajstić information content (AvgIpc) is 3.40. The van der Waals surface area contributed by atoms with Gasteiger partial charge in [-0.15, -0.1) is 0 Å². The van der Waals surface area contributed by atoms with Gasteiger partial charge in [0.05, 0.1) is 18.2 Å². The summed E-state index contributed by atoms with van der Waals surface area (Å²) >= 11 is 6.51. The number of hydrogen-bond donors (Lipinski definition) is 4. The molecular weight excluding hydrogens is 440 g/mol. The van der Waals surface area contributed by atoms with Crippen LogP contribution in [-0.2, 0) is 13.0 Å². The van der Waals surface area contributed by atoms with Crippen molar-refractivity contribution < 1.29 is 9.53 Å². The number of fused-ring (bicyclic) bond motifs is 1. The van der Waals surface area contributed by atoms with Crippen LogP contribution in [0, 0.1) is 0 Å². The molecule has 1 amide bonds. The lowest BCUT2D eigenvalue weighted by molar-refractivity contribution is 0.0948. The van der Waals surface area contributed by atoms with Crippen molar-refractivity contribution in [2.75, 3.05) is 43.9 Å². The molecule has 2 aromatic rings. The van der Waals surface area contributed by atoms with Crippen LogP contribution in [0.15, 0.2) is 12.1 Å². The second-order valence-corrected chi connectivity index (χ2v) is 9.16. The Morgan fingerprint density at radius 3 is 2.82 bits per heavy atom. The van der Waals surface area contributed by atoms with Crippen LogP contribution in [0.2, 0.25) is 5.02 Å². The molecule has 1 aliphatic carbocycles. The van der Waals surface area contributed by atoms with E-state index in [4.69, 9.17) is 21.3 Å². The van der Waals surface area contributed by atoms with E-state index >= 15 is 0 Å². The maximum absolute atomic E-state index is 13.2. The molecule has 0 atom stereocenters. The number of likely N-dealkylation sites (N-methyl/N-ethyl adjacent to an activating group) is 1. The quantitative estimate of drug-likeness (QED) is 0.393. The lowest BCUT2D eigenvalue weighted by Gasteiger charge is -2.24. The minimum absolute atomic E-state index is 0.135. The first-order valence-electron chi connectivity index (χ1n) is 12.1. The number of aromatic nitrogens is 2. The van der Waals surface area contributed by atoms with Crippen LogP contribution >= 0.6 is 11.6 Å². The van der Waals surface area contributed by atoms with Gasteiger partial charge in [-0.3, -0.25) is 9.36 Å². The molecule has 0 saturated heterocycles. The number of ether oxygens (including phenoxy) is 1. The zero-order valence-electron chi connectivity index (χ0n) is 19.6. The minimum Gasteiger partial charge on any atom is -0.491 e. The number of hydrogen-bond acceptors (Lipinski definition) is 6. The predicted octanol–water partition coefficient (Wildman–Crippen LogP) is 3.65. The topological polar surface area (TPSA) is 92.2 Å². The number of halogens is 1. The number of nitrogens with zero attached hydrogens (tertiary/aromatic N) is 2. The first-order valence-corrected chi connectivity index (χ1v) is 12.5. The average molecular weight is 475 g/mol. The highest BCUT2D eigenvalue weighted by molar-refractivity contribution is 6.32. The van der Waals surface area contributed by atoms with E-state index in [0.717, 1.165) is 48.6 Å². The van der Waals surface area contributed by atoms with E-state index in [1.165, 1.54) is 19.3 Å². The number of carbonyl (C=O) groups excluding carboxylic acids is 1. The van der Waals surface area contributed by atoms with E-state index in [-0.39, 0.29) is 5.91 Å². The Kier molecular flexibility index (Phi) is 7.98. The van der Waals surface area contributed by atoms with Gasteiger partial charge in [-0.2, -0.15) is 4.98 Å². The predicted molar refractivity (Wildman–Crippen MR) is 133 cm³/mol. The Balaban J connectivity index is 1.71. The van der Waals surface area contributed by atoms with Crippen LogP contribution in [0.4, 0.5) is 11.8 Å². The zero-order chi connectivity index (χ0) is 23.2. The Morgan fingerprint density at radius 2 is 2.06 bits per heavy atom. The van der Waals surface area contributed by atoms with E-state index in [1.54, 1.807) is 0 Å². The summed E-state index contributed by atoms with van der Waals surface area (Å²) < 4.78 is 7.66. The van der Waals surface area contributed by atoms with Crippen molar-refractivity contribution >= 4 is 29.3 Å². The van der Waals surface area contributed by atoms with Gasteiger partial charge in [0.25, 0.3) is 5.91 Å². The highest BCUT2D eigenvalue weighted by atomic mass is 35.5. The van der Waals surface area contributed by atoms with E-state index in [9.17, 15) is 4.79 Å². The summed E-state index contributed by atoms with van der Waals surface area (Å²) in [4.78, 5) is 18.0. The third kappa shape index (κ3) is 5.55. The van der Waals surface area contributed by atoms with Crippen molar-refractivity contribution in [2.45, 2.75) is 58.0 Å². The number of nitrogens with one attached hydrogen (secondary N) is 4. The molecule has 0 radical (unpaired) electrons. The number of amides is 1. The van der Waals surface area contributed by atoms with Crippen molar-refractivity contribution in [1.29, 1.82) is 0 Å². The molecule has 9 heteroatoms. The molecule has 2 heterocycles. The van der Waals surface area contributed by atoms with Gasteiger partial charge < -0.3 is 26.0 Å². The first kappa shape index (κ1) is 23.7. The summed E-state index contributed by atoms with van der Waals surface area (Å²) in [6.07, 6.45) is 6.80. The van der Waals surface area contributed by atoms with E-state index in [1.807, 2.05) is 24.6 Å². The van der Waals surface area contributed by atoms with E-state index < -0.39 is 0 Å². The SMILES string of the molecule is CCNC(=O)c1c(NCCNC)nc(NC2CCCCC2)n1Cc1cc(Cl)c2c(c1)CCO2. The van der Waals surface area contributed by atoms with Gasteiger partial charge in [-0.1, -0.05) is 36.9 Å². The third-order valence-electron chi connectivity index (χ3n) is 6.26. The standard InChI is InChI=1S/C24H35ClN6O2/c1-3-27-23(32)20-22(28-11-10-26-2)30-24(29-18-7-5-4-6-8-18)31(20)15-16-13-17-9-12-33-21(17)19(25)14-16/h13-14,18,26,28H,3-12,15H2,1-2H3,(H,27,32)(H,29,30). The second-order valence-electron chi connectivity index (χ2n) is 8.75. The summed E-state index contributed by atoms with van der Waals surface area (Å²) in [7, 11) is 1.91. The minimum atomic E-state index is -0.135. The fraction of sp³-hybridized carbons (Fsp3) is 0.583. The molecule has 4 N–H and O–H groups in total. The molecule has 33 heavy (non-hydrogen) atoms. The lowest BCUT2D eigenvalue weighted by atomic mass is 9.96. The molecule has 1 aliphatic heterocycles. The largest absolute Gasteiger partial charge is 0.491 e. The highest BCUT2D eigenvalue weighted by Gasteiger charge is 2.26. The molecule has 1 aromatic carbocycles. The first-order chi connectivity index (χ1) is 16.1. The van der Waals surface area contributed by atoms with Crippen LogP contribution in [0.3, 0.4) is 0 Å². The summed E-state index contributed by atoms with van der Waals surface area (Å²) in [5, 5.41) is 13.7. The monoisotopic (exact) mass is 474 g/mol. The summed E-state index contributed by atoms with van der Waals surface area (Å²) in [6.45, 7) is 5.07. The summed E-state index contributed by atoms with van der Waals surface area (Å²) in [6, 6.07) is 4.43. The van der Waals surface area contributed by atoms with Crippen LogP contribution in [-0.4, -0.2) is 54.8 Å². The van der Waals surface area contributed by atoms with Gasteiger partial charge in [0.1, 0.15) is 5.75 Å². The Morgan fingerprint density at radius 1 is 1.24 bits per heavy atom. The van der Waals surface area contributed by atoms with E-state index in [0.29, 0.717) is 48.8 Å². The fourth-order valence-corrected chi connectivity index (χ4v) is 4.96. The van der Waals surface area contributed by atoms with Crippen molar-refractivity contribution in [3.05, 3.63) is 34.0 Å². The number of carbonyl (C=O) groups is 1. The van der Waals surface area contributed by atoms with Crippen LogP contribution in [0.5, 0.6) is 5.75 Å². The smallest absolute Gasteiger partial charge is 0.271 e. The number of anilines is 2. The van der Waals surface area contributed by atoms with Gasteiger partial charge in [0.15, 0.2) is 11.5 Å². The summed E-state index contributed by atoms with van der Waals surface area (Å²) in [5.41, 5.74) is 2.69. The lowest BCUT2D eigenvalue weighted by Crippen LogP contribution is -2.29. The van der Waals surface area contributed by atoms with Crippen molar-refractivity contribution in [3.63, 3.8) is 0 Å². The van der Waals surface area contributed by atoms with E-state index in [2.05, 4.69) is 27.3 Å². The number of benzene rings is 1. The van der Waals surface area contributed by atoms with Crippen LogP contribution in [0.25, 0.3) is 0 Å². The van der Waals surface area contributed by atoms with Gasteiger partial charge in [0, 0.05) is 32.1 Å². The molecule has 0 bridgehead atoms. The maximum atomic E-state index is 13.2. The van der Waals surface area contributed by atoms with Crippen molar-refractivity contribution in [2.24, 2.45) is 0 Å². The zero-order valence-corrected chi connectivity index (χ0v) is 20.4.